The maximum absolute atomic E-state index is 13.7. The molecule has 2 aliphatic heterocycles. The minimum atomic E-state index is -2.64. The molecule has 10 heteroatoms. The number of likely N-dealkylation sites (tertiary alicyclic amines) is 2. The number of carbonyl (C=O) groups excluding carboxylic acids is 2. The molecule has 1 aromatic carbocycles. The summed E-state index contributed by atoms with van der Waals surface area (Å²) in [6, 6.07) is 6.18. The van der Waals surface area contributed by atoms with Crippen molar-refractivity contribution in [2.24, 2.45) is 4.36 Å². The fourth-order valence-corrected chi connectivity index (χ4v) is 6.56. The highest BCUT2D eigenvalue weighted by Crippen LogP contribution is 2.29. The molecule has 0 bridgehead atoms. The molecule has 2 amide bonds. The van der Waals surface area contributed by atoms with Gasteiger partial charge in [0.05, 0.1) is 27.6 Å². The summed E-state index contributed by atoms with van der Waals surface area (Å²) in [6.07, 6.45) is -0.109. The molecule has 9 nitrogen and oxygen atoms in total. The van der Waals surface area contributed by atoms with Crippen molar-refractivity contribution < 1.29 is 23.6 Å². The summed E-state index contributed by atoms with van der Waals surface area (Å²) < 4.78 is 23.3. The van der Waals surface area contributed by atoms with Crippen molar-refractivity contribution in [3.05, 3.63) is 24.3 Å². The van der Waals surface area contributed by atoms with Crippen LogP contribution < -0.4 is 5.73 Å². The maximum atomic E-state index is 13.7. The molecule has 1 aromatic rings. The lowest BCUT2D eigenvalue weighted by atomic mass is 10.1. The zero-order valence-corrected chi connectivity index (χ0v) is 20.0. The maximum Gasteiger partial charge on any atom is 0.411 e. The molecule has 2 saturated heterocycles. The first-order valence-electron chi connectivity index (χ1n) is 10.9. The summed E-state index contributed by atoms with van der Waals surface area (Å²) in [5.41, 5.74) is 5.66. The van der Waals surface area contributed by atoms with Gasteiger partial charge in [-0.15, -0.1) is 0 Å². The number of rotatable bonds is 3. The molecule has 0 spiro atoms. The Balaban J connectivity index is 1.68. The van der Waals surface area contributed by atoms with E-state index in [1.54, 1.807) is 57.0 Å². The SMILES string of the molecule is CN=S(=O)(c1ccc(N)cc1)C1CCN(C(=O)[C@@H]2C[C@@H](O)CN2C(=O)OC(C)(C)C)CC1. The third-order valence-electron chi connectivity index (χ3n) is 5.89. The number of piperidine rings is 1. The molecule has 2 heterocycles. The number of anilines is 1. The second-order valence-electron chi connectivity index (χ2n) is 9.38. The lowest BCUT2D eigenvalue weighted by Crippen LogP contribution is -2.51. The quantitative estimate of drug-likeness (QED) is 0.657. The number of nitrogens with zero attached hydrogens (tertiary/aromatic N) is 3. The van der Waals surface area contributed by atoms with Gasteiger partial charge in [-0.2, -0.15) is 0 Å². The molecule has 3 rings (SSSR count). The highest BCUT2D eigenvalue weighted by Gasteiger charge is 2.43. The van der Waals surface area contributed by atoms with Gasteiger partial charge in [-0.3, -0.25) is 9.69 Å². The lowest BCUT2D eigenvalue weighted by Gasteiger charge is -2.36. The number of hydrogen-bond acceptors (Lipinski definition) is 7. The highest BCUT2D eigenvalue weighted by molar-refractivity contribution is 7.94. The van der Waals surface area contributed by atoms with Crippen molar-refractivity contribution in [1.29, 1.82) is 0 Å². The van der Waals surface area contributed by atoms with Gasteiger partial charge in [0, 0.05) is 37.1 Å². The lowest BCUT2D eigenvalue weighted by molar-refractivity contribution is -0.136. The van der Waals surface area contributed by atoms with Crippen LogP contribution in [0.5, 0.6) is 0 Å². The van der Waals surface area contributed by atoms with E-state index in [2.05, 4.69) is 4.36 Å². The number of hydrogen-bond donors (Lipinski definition) is 2. The number of benzene rings is 1. The Morgan fingerprint density at radius 2 is 1.78 bits per heavy atom. The van der Waals surface area contributed by atoms with Gasteiger partial charge in [0.2, 0.25) is 5.91 Å². The second-order valence-corrected chi connectivity index (χ2v) is 12.0. The standard InChI is InChI=1S/C22H34N4O5S/c1-22(2,3)31-21(29)26-14-16(27)13-19(26)20(28)25-11-9-18(10-12-25)32(30,24-4)17-7-5-15(23)6-8-17/h5-8,16,18-19,27H,9-14,23H2,1-4H3/t16-,19+,32?/m1/s1. The number of amides is 2. The van der Waals surface area contributed by atoms with Gasteiger partial charge in [0.25, 0.3) is 0 Å². The number of aliphatic hydroxyl groups is 1. The van der Waals surface area contributed by atoms with Crippen LogP contribution in [0.4, 0.5) is 10.5 Å². The molecular weight excluding hydrogens is 432 g/mol. The average molecular weight is 467 g/mol. The van der Waals surface area contributed by atoms with E-state index in [4.69, 9.17) is 10.5 Å². The average Bonchev–Trinajstić information content (AvgIpc) is 3.14. The Labute approximate surface area is 190 Å². The number of nitrogen functional groups attached to an aromatic ring is 1. The van der Waals surface area contributed by atoms with Crippen molar-refractivity contribution in [2.75, 3.05) is 32.4 Å². The predicted octanol–water partition coefficient (Wildman–Crippen LogP) is 2.09. The molecule has 32 heavy (non-hydrogen) atoms. The summed E-state index contributed by atoms with van der Waals surface area (Å²) in [4.78, 5) is 29.4. The van der Waals surface area contributed by atoms with Crippen molar-refractivity contribution in [3.8, 4) is 0 Å². The normalized spacial score (nSPS) is 24.2. The van der Waals surface area contributed by atoms with E-state index in [9.17, 15) is 18.9 Å². The monoisotopic (exact) mass is 466 g/mol. The first kappa shape index (κ1) is 24.3. The Kier molecular flexibility index (Phi) is 7.04. The minimum absolute atomic E-state index is 0.0709. The second kappa shape index (κ2) is 9.27. The van der Waals surface area contributed by atoms with Crippen molar-refractivity contribution in [2.45, 2.75) is 67.9 Å². The van der Waals surface area contributed by atoms with E-state index in [1.807, 2.05) is 0 Å². The van der Waals surface area contributed by atoms with Gasteiger partial charge in [-0.25, -0.2) is 13.4 Å². The number of nitrogens with two attached hydrogens (primary N) is 1. The molecule has 2 fully saturated rings. The number of aliphatic hydroxyl groups excluding tert-OH is 1. The van der Waals surface area contributed by atoms with Gasteiger partial charge >= 0.3 is 6.09 Å². The number of carbonyl (C=O) groups is 2. The zero-order valence-electron chi connectivity index (χ0n) is 19.2. The van der Waals surface area contributed by atoms with E-state index in [0.717, 1.165) is 0 Å². The van der Waals surface area contributed by atoms with E-state index < -0.39 is 33.6 Å². The molecule has 178 valence electrons. The van der Waals surface area contributed by atoms with Crippen LogP contribution in [0.15, 0.2) is 33.5 Å². The zero-order chi connectivity index (χ0) is 23.7. The van der Waals surface area contributed by atoms with Crippen LogP contribution in [0.25, 0.3) is 0 Å². The smallest absolute Gasteiger partial charge is 0.411 e. The van der Waals surface area contributed by atoms with Crippen LogP contribution in [0, 0.1) is 0 Å². The summed E-state index contributed by atoms with van der Waals surface area (Å²) in [7, 11) is -1.07. The van der Waals surface area contributed by atoms with Crippen molar-refractivity contribution in [1.82, 2.24) is 9.80 Å². The van der Waals surface area contributed by atoms with Crippen molar-refractivity contribution >= 4 is 27.4 Å². The van der Waals surface area contributed by atoms with Gasteiger partial charge in [0.1, 0.15) is 11.6 Å². The molecule has 1 unspecified atom stereocenters. The molecule has 0 aliphatic carbocycles. The fraction of sp³-hybridized carbons (Fsp3) is 0.636. The van der Waals surface area contributed by atoms with Crippen LogP contribution >= 0.6 is 0 Å². The van der Waals surface area contributed by atoms with E-state index in [1.165, 1.54) is 4.90 Å². The first-order valence-corrected chi connectivity index (χ1v) is 12.5. The van der Waals surface area contributed by atoms with E-state index >= 15 is 0 Å². The minimum Gasteiger partial charge on any atom is -0.444 e. The Morgan fingerprint density at radius 1 is 1.19 bits per heavy atom. The topological polar surface area (TPSA) is 126 Å². The number of ether oxygens (including phenoxy) is 1. The van der Waals surface area contributed by atoms with Gasteiger partial charge in [0.15, 0.2) is 0 Å². The molecule has 3 N–H and O–H groups in total. The molecule has 3 atom stereocenters. The molecule has 0 saturated carbocycles. The summed E-state index contributed by atoms with van der Waals surface area (Å²) in [6.45, 7) is 6.18. The molecule has 0 aromatic heterocycles. The fourth-order valence-electron chi connectivity index (χ4n) is 4.29. The van der Waals surface area contributed by atoms with E-state index in [0.29, 0.717) is 36.5 Å². The molecule has 0 radical (unpaired) electrons. The van der Waals surface area contributed by atoms with Crippen LogP contribution in [0.1, 0.15) is 40.0 Å². The van der Waals surface area contributed by atoms with E-state index in [-0.39, 0.29) is 24.1 Å². The van der Waals surface area contributed by atoms with Crippen LogP contribution in [0.3, 0.4) is 0 Å². The van der Waals surface area contributed by atoms with Crippen molar-refractivity contribution in [3.63, 3.8) is 0 Å². The highest BCUT2D eigenvalue weighted by atomic mass is 32.2. The Bertz CT molecular complexity index is 958. The predicted molar refractivity (Wildman–Crippen MR) is 123 cm³/mol. The van der Waals surface area contributed by atoms with Gasteiger partial charge in [-0.1, -0.05) is 0 Å². The number of β-amino-alcohol motifs (C(OH)–C–C–N with tert-alkyl or cyclic N) is 1. The first-order chi connectivity index (χ1) is 14.9. The molecule has 2 aliphatic rings. The Morgan fingerprint density at radius 3 is 2.31 bits per heavy atom. The Hall–Kier alpha value is -2.33. The summed E-state index contributed by atoms with van der Waals surface area (Å²) >= 11 is 0. The van der Waals surface area contributed by atoms with Gasteiger partial charge in [-0.05, 0) is 57.9 Å². The van der Waals surface area contributed by atoms with Gasteiger partial charge < -0.3 is 20.5 Å². The largest absolute Gasteiger partial charge is 0.444 e. The summed E-state index contributed by atoms with van der Waals surface area (Å²) in [5.74, 6) is -0.210. The van der Waals surface area contributed by atoms with Crippen LogP contribution in [-0.4, -0.2) is 80.8 Å². The summed E-state index contributed by atoms with van der Waals surface area (Å²) in [5, 5.41) is 9.93. The molecular formula is C22H34N4O5S. The van der Waals surface area contributed by atoms with Crippen LogP contribution in [-0.2, 0) is 19.3 Å². The van der Waals surface area contributed by atoms with Crippen LogP contribution in [0.2, 0.25) is 0 Å². The third kappa shape index (κ3) is 5.17. The third-order valence-corrected chi connectivity index (χ3v) is 8.75.